The van der Waals surface area contributed by atoms with Crippen molar-refractivity contribution in [2.24, 2.45) is 0 Å². The average Bonchev–Trinajstić information content (AvgIpc) is 2.09. The van der Waals surface area contributed by atoms with Crippen molar-refractivity contribution in [1.82, 2.24) is 0 Å². The molecular formula is C10H10BrCl. The molecule has 0 saturated carbocycles. The largest absolute Gasteiger partial charge is 0.122 e. The summed E-state index contributed by atoms with van der Waals surface area (Å²) < 4.78 is 1.11. The van der Waals surface area contributed by atoms with Crippen LogP contribution in [-0.4, -0.2) is 5.88 Å². The van der Waals surface area contributed by atoms with Gasteiger partial charge in [-0.15, -0.1) is 11.6 Å². The molecule has 0 aliphatic carbocycles. The summed E-state index contributed by atoms with van der Waals surface area (Å²) in [5.41, 5.74) is 2.35. The third-order valence-corrected chi connectivity index (χ3v) is 2.66. The van der Waals surface area contributed by atoms with Crippen LogP contribution in [0, 0.1) is 0 Å². The first-order valence-corrected chi connectivity index (χ1v) is 5.04. The van der Waals surface area contributed by atoms with E-state index in [1.54, 1.807) is 0 Å². The van der Waals surface area contributed by atoms with E-state index in [0.29, 0.717) is 5.88 Å². The summed E-state index contributed by atoms with van der Waals surface area (Å²) in [4.78, 5) is 0. The molecule has 0 heterocycles. The van der Waals surface area contributed by atoms with E-state index < -0.39 is 0 Å². The summed E-state index contributed by atoms with van der Waals surface area (Å²) in [5.74, 6) is 0.585. The summed E-state index contributed by atoms with van der Waals surface area (Å²) in [7, 11) is 0. The zero-order valence-corrected chi connectivity index (χ0v) is 9.19. The molecular weight excluding hydrogens is 235 g/mol. The predicted octanol–water partition coefficient (Wildman–Crippen LogP) is 4.09. The van der Waals surface area contributed by atoms with E-state index in [1.807, 2.05) is 25.1 Å². The highest BCUT2D eigenvalue weighted by Crippen LogP contribution is 2.18. The van der Waals surface area contributed by atoms with Gasteiger partial charge in [-0.3, -0.25) is 0 Å². The van der Waals surface area contributed by atoms with Crippen LogP contribution < -0.4 is 0 Å². The van der Waals surface area contributed by atoms with E-state index in [9.17, 15) is 0 Å². The van der Waals surface area contributed by atoms with Gasteiger partial charge in [0.1, 0.15) is 0 Å². The molecule has 0 amide bonds. The highest BCUT2D eigenvalue weighted by atomic mass is 79.9. The molecule has 0 aliphatic heterocycles. The summed E-state index contributed by atoms with van der Waals surface area (Å²) in [6, 6.07) is 8.09. The Balaban J connectivity index is 2.96. The second-order valence-electron chi connectivity index (χ2n) is 2.65. The molecule has 0 aromatic heterocycles. The molecule has 0 atom stereocenters. The lowest BCUT2D eigenvalue weighted by Crippen LogP contribution is -1.79. The Kier molecular flexibility index (Phi) is 3.83. The van der Waals surface area contributed by atoms with Gasteiger partial charge in [-0.05, 0) is 18.6 Å². The first kappa shape index (κ1) is 9.82. The predicted molar refractivity (Wildman–Crippen MR) is 58.5 cm³/mol. The van der Waals surface area contributed by atoms with Crippen LogP contribution in [0.3, 0.4) is 0 Å². The Morgan fingerprint density at radius 1 is 1.50 bits per heavy atom. The zero-order valence-electron chi connectivity index (χ0n) is 6.85. The van der Waals surface area contributed by atoms with Gasteiger partial charge in [0.2, 0.25) is 0 Å². The van der Waals surface area contributed by atoms with Gasteiger partial charge in [0, 0.05) is 10.4 Å². The van der Waals surface area contributed by atoms with Crippen molar-refractivity contribution in [3.8, 4) is 0 Å². The molecule has 0 radical (unpaired) electrons. The van der Waals surface area contributed by atoms with Gasteiger partial charge in [0.15, 0.2) is 0 Å². The summed E-state index contributed by atoms with van der Waals surface area (Å²) in [6.07, 6.45) is 2.08. The van der Waals surface area contributed by atoms with Gasteiger partial charge in [-0.25, -0.2) is 0 Å². The first-order valence-electron chi connectivity index (χ1n) is 3.71. The van der Waals surface area contributed by atoms with Gasteiger partial charge in [0.25, 0.3) is 0 Å². The SMILES string of the molecule is CC(=Cc1ccccc1Br)CCl. The molecule has 12 heavy (non-hydrogen) atoms. The quantitative estimate of drug-likeness (QED) is 0.689. The van der Waals surface area contributed by atoms with Crippen molar-refractivity contribution in [2.45, 2.75) is 6.92 Å². The molecule has 0 fully saturated rings. The number of hydrogen-bond acceptors (Lipinski definition) is 0. The van der Waals surface area contributed by atoms with Crippen LogP contribution in [0.4, 0.5) is 0 Å². The van der Waals surface area contributed by atoms with Crippen LogP contribution in [0.25, 0.3) is 6.08 Å². The van der Waals surface area contributed by atoms with Crippen LogP contribution in [0.5, 0.6) is 0 Å². The highest BCUT2D eigenvalue weighted by molar-refractivity contribution is 9.10. The lowest BCUT2D eigenvalue weighted by Gasteiger charge is -1.98. The molecule has 2 heteroatoms. The third-order valence-electron chi connectivity index (χ3n) is 1.52. The normalized spacial score (nSPS) is 11.8. The third kappa shape index (κ3) is 2.65. The number of hydrogen-bond donors (Lipinski definition) is 0. The molecule has 1 rings (SSSR count). The fraction of sp³-hybridized carbons (Fsp3) is 0.200. The van der Waals surface area contributed by atoms with E-state index in [2.05, 4.69) is 28.1 Å². The van der Waals surface area contributed by atoms with Crippen LogP contribution in [0.15, 0.2) is 34.3 Å². The summed E-state index contributed by atoms with van der Waals surface area (Å²) in [5, 5.41) is 0. The maximum absolute atomic E-state index is 5.67. The van der Waals surface area contributed by atoms with Gasteiger partial charge < -0.3 is 0 Å². The molecule has 0 spiro atoms. The Hall–Kier alpha value is -0.270. The summed E-state index contributed by atoms with van der Waals surface area (Å²) in [6.45, 7) is 2.02. The molecule has 0 saturated heterocycles. The molecule has 0 nitrogen and oxygen atoms in total. The average molecular weight is 246 g/mol. The Morgan fingerprint density at radius 2 is 2.17 bits per heavy atom. The monoisotopic (exact) mass is 244 g/mol. The van der Waals surface area contributed by atoms with E-state index in [0.717, 1.165) is 4.47 Å². The molecule has 0 bridgehead atoms. The second-order valence-corrected chi connectivity index (χ2v) is 3.77. The number of rotatable bonds is 2. The Labute approximate surface area is 86.4 Å². The minimum atomic E-state index is 0.585. The lowest BCUT2D eigenvalue weighted by atomic mass is 10.1. The van der Waals surface area contributed by atoms with Crippen molar-refractivity contribution in [3.63, 3.8) is 0 Å². The molecule has 1 aromatic rings. The van der Waals surface area contributed by atoms with Gasteiger partial charge in [-0.2, -0.15) is 0 Å². The number of halogens is 2. The minimum absolute atomic E-state index is 0.585. The number of benzene rings is 1. The first-order chi connectivity index (χ1) is 5.74. The molecule has 0 aliphatic rings. The smallest absolute Gasteiger partial charge is 0.0434 e. The van der Waals surface area contributed by atoms with Crippen molar-refractivity contribution in [2.75, 3.05) is 5.88 Å². The van der Waals surface area contributed by atoms with Crippen LogP contribution in [-0.2, 0) is 0 Å². The Bertz CT molecular complexity index is 292. The van der Waals surface area contributed by atoms with E-state index >= 15 is 0 Å². The molecule has 64 valence electrons. The van der Waals surface area contributed by atoms with Gasteiger partial charge in [-0.1, -0.05) is 45.8 Å². The van der Waals surface area contributed by atoms with Crippen molar-refractivity contribution >= 4 is 33.6 Å². The van der Waals surface area contributed by atoms with Crippen LogP contribution >= 0.6 is 27.5 Å². The molecule has 0 unspecified atom stereocenters. The number of alkyl halides is 1. The second kappa shape index (κ2) is 4.68. The number of allylic oxidation sites excluding steroid dienone is 1. The summed E-state index contributed by atoms with van der Waals surface area (Å²) >= 11 is 9.14. The highest BCUT2D eigenvalue weighted by Gasteiger charge is 1.94. The van der Waals surface area contributed by atoms with Crippen LogP contribution in [0.1, 0.15) is 12.5 Å². The topological polar surface area (TPSA) is 0 Å². The molecule has 1 aromatic carbocycles. The zero-order chi connectivity index (χ0) is 8.97. The van der Waals surface area contributed by atoms with Gasteiger partial charge in [0.05, 0.1) is 0 Å². The van der Waals surface area contributed by atoms with E-state index in [-0.39, 0.29) is 0 Å². The lowest BCUT2D eigenvalue weighted by molar-refractivity contribution is 1.42. The standard InChI is InChI=1S/C10H10BrCl/c1-8(7-12)6-9-4-2-3-5-10(9)11/h2-6H,7H2,1H3. The van der Waals surface area contributed by atoms with Gasteiger partial charge >= 0.3 is 0 Å². The van der Waals surface area contributed by atoms with E-state index in [4.69, 9.17) is 11.6 Å². The van der Waals surface area contributed by atoms with Crippen molar-refractivity contribution < 1.29 is 0 Å². The molecule has 0 N–H and O–H groups in total. The fourth-order valence-electron chi connectivity index (χ4n) is 0.896. The maximum atomic E-state index is 5.67. The van der Waals surface area contributed by atoms with Crippen molar-refractivity contribution in [3.05, 3.63) is 39.9 Å². The maximum Gasteiger partial charge on any atom is 0.0434 e. The minimum Gasteiger partial charge on any atom is -0.122 e. The van der Waals surface area contributed by atoms with E-state index in [1.165, 1.54) is 11.1 Å². The van der Waals surface area contributed by atoms with Crippen molar-refractivity contribution in [1.29, 1.82) is 0 Å². The van der Waals surface area contributed by atoms with Crippen LogP contribution in [0.2, 0.25) is 0 Å². The Morgan fingerprint density at radius 3 is 2.75 bits per heavy atom. The fourth-order valence-corrected chi connectivity index (χ4v) is 1.37.